The molecule has 0 aliphatic heterocycles. The van der Waals surface area contributed by atoms with Gasteiger partial charge in [-0.2, -0.15) is 5.26 Å². The zero-order valence-electron chi connectivity index (χ0n) is 10.9. The van der Waals surface area contributed by atoms with Crippen molar-refractivity contribution in [3.63, 3.8) is 0 Å². The lowest BCUT2D eigenvalue weighted by molar-refractivity contribution is -0.121. The second kappa shape index (κ2) is 7.29. The van der Waals surface area contributed by atoms with E-state index in [1.54, 1.807) is 7.05 Å². The lowest BCUT2D eigenvalue weighted by atomic mass is 9.95. The molecule has 96 valence electrons. The molecule has 2 atom stereocenters. The molecule has 17 heavy (non-hydrogen) atoms. The van der Waals surface area contributed by atoms with Gasteiger partial charge in [0.05, 0.1) is 12.0 Å². The number of carbonyl (C=O) groups excluding carboxylic acids is 1. The van der Waals surface area contributed by atoms with Gasteiger partial charge in [-0.3, -0.25) is 4.79 Å². The standard InChI is InChI=1S/C13H23N3O/c1-15-13(17)8-9-16(2)12-7-5-3-4-6-11(12)10-14/h11-12H,3-9H2,1-2H3,(H,15,17). The third-order valence-corrected chi connectivity index (χ3v) is 3.68. The van der Waals surface area contributed by atoms with Crippen LogP contribution in [0.3, 0.4) is 0 Å². The van der Waals surface area contributed by atoms with Crippen molar-refractivity contribution < 1.29 is 4.79 Å². The van der Waals surface area contributed by atoms with Gasteiger partial charge in [-0.1, -0.05) is 19.3 Å². The average molecular weight is 237 g/mol. The van der Waals surface area contributed by atoms with E-state index in [4.69, 9.17) is 0 Å². The Kier molecular flexibility index (Phi) is 5.99. The molecule has 1 aliphatic rings. The maximum atomic E-state index is 11.2. The van der Waals surface area contributed by atoms with Crippen molar-refractivity contribution in [3.05, 3.63) is 0 Å². The number of rotatable bonds is 4. The summed E-state index contributed by atoms with van der Waals surface area (Å²) in [6, 6.07) is 2.76. The van der Waals surface area contributed by atoms with E-state index in [1.165, 1.54) is 12.8 Å². The molecule has 0 aromatic rings. The molecule has 0 saturated heterocycles. The quantitative estimate of drug-likeness (QED) is 0.754. The van der Waals surface area contributed by atoms with Gasteiger partial charge in [-0.25, -0.2) is 0 Å². The van der Waals surface area contributed by atoms with Gasteiger partial charge in [0.15, 0.2) is 0 Å². The van der Waals surface area contributed by atoms with E-state index in [0.29, 0.717) is 12.5 Å². The molecule has 4 nitrogen and oxygen atoms in total. The van der Waals surface area contributed by atoms with Crippen molar-refractivity contribution in [3.8, 4) is 6.07 Å². The molecule has 0 heterocycles. The van der Waals surface area contributed by atoms with Gasteiger partial charge in [-0.15, -0.1) is 0 Å². The summed E-state index contributed by atoms with van der Waals surface area (Å²) in [5, 5.41) is 11.8. The molecule has 1 amide bonds. The molecule has 0 aromatic carbocycles. The average Bonchev–Trinajstić information content (AvgIpc) is 2.60. The van der Waals surface area contributed by atoms with E-state index in [2.05, 4.69) is 16.3 Å². The number of hydrogen-bond donors (Lipinski definition) is 1. The largest absolute Gasteiger partial charge is 0.359 e. The summed E-state index contributed by atoms with van der Waals surface area (Å²) in [5.74, 6) is 0.200. The highest BCUT2D eigenvalue weighted by Gasteiger charge is 2.26. The van der Waals surface area contributed by atoms with Gasteiger partial charge in [0.1, 0.15) is 0 Å². The predicted molar refractivity (Wildman–Crippen MR) is 67.3 cm³/mol. The number of amides is 1. The monoisotopic (exact) mass is 237 g/mol. The Morgan fingerprint density at radius 2 is 2.12 bits per heavy atom. The van der Waals surface area contributed by atoms with Gasteiger partial charge in [0, 0.05) is 26.1 Å². The van der Waals surface area contributed by atoms with Crippen molar-refractivity contribution in [2.24, 2.45) is 5.92 Å². The Morgan fingerprint density at radius 3 is 2.76 bits per heavy atom. The second-order valence-corrected chi connectivity index (χ2v) is 4.84. The van der Waals surface area contributed by atoms with Gasteiger partial charge < -0.3 is 10.2 Å². The minimum atomic E-state index is 0.0685. The molecule has 1 fully saturated rings. The van der Waals surface area contributed by atoms with Crippen LogP contribution in [0, 0.1) is 17.2 Å². The second-order valence-electron chi connectivity index (χ2n) is 4.84. The first-order valence-corrected chi connectivity index (χ1v) is 6.49. The number of nitriles is 1. The summed E-state index contributed by atoms with van der Waals surface area (Å²) in [4.78, 5) is 13.4. The number of nitrogens with one attached hydrogen (secondary N) is 1. The highest BCUT2D eigenvalue weighted by molar-refractivity contribution is 5.75. The van der Waals surface area contributed by atoms with E-state index in [0.717, 1.165) is 25.8 Å². The molecule has 1 aliphatic carbocycles. The van der Waals surface area contributed by atoms with E-state index >= 15 is 0 Å². The first kappa shape index (κ1) is 14.0. The van der Waals surface area contributed by atoms with E-state index in [-0.39, 0.29) is 11.8 Å². The number of nitrogens with zero attached hydrogens (tertiary/aromatic N) is 2. The topological polar surface area (TPSA) is 56.1 Å². The maximum Gasteiger partial charge on any atom is 0.221 e. The van der Waals surface area contributed by atoms with Crippen molar-refractivity contribution in [2.45, 2.75) is 44.6 Å². The minimum Gasteiger partial charge on any atom is -0.359 e. The van der Waals surface area contributed by atoms with Crippen LogP contribution in [0.1, 0.15) is 38.5 Å². The Balaban J connectivity index is 2.49. The molecule has 1 N–H and O–H groups in total. The summed E-state index contributed by atoms with van der Waals surface area (Å²) < 4.78 is 0. The summed E-state index contributed by atoms with van der Waals surface area (Å²) in [6.07, 6.45) is 6.21. The number of hydrogen-bond acceptors (Lipinski definition) is 3. The Labute approximate surface area is 104 Å². The van der Waals surface area contributed by atoms with Crippen LogP contribution in [0.2, 0.25) is 0 Å². The fraction of sp³-hybridized carbons (Fsp3) is 0.846. The van der Waals surface area contributed by atoms with E-state index in [9.17, 15) is 10.1 Å². The first-order valence-electron chi connectivity index (χ1n) is 6.49. The third kappa shape index (κ3) is 4.35. The van der Waals surface area contributed by atoms with Crippen molar-refractivity contribution in [1.82, 2.24) is 10.2 Å². The van der Waals surface area contributed by atoms with Crippen molar-refractivity contribution in [2.75, 3.05) is 20.6 Å². The SMILES string of the molecule is CNC(=O)CCN(C)C1CCCCCC1C#N. The Morgan fingerprint density at radius 1 is 1.41 bits per heavy atom. The van der Waals surface area contributed by atoms with Gasteiger partial charge in [0.2, 0.25) is 5.91 Å². The zero-order chi connectivity index (χ0) is 12.7. The van der Waals surface area contributed by atoms with Gasteiger partial charge >= 0.3 is 0 Å². The van der Waals surface area contributed by atoms with Crippen molar-refractivity contribution in [1.29, 1.82) is 5.26 Å². The van der Waals surface area contributed by atoms with Crippen LogP contribution in [-0.4, -0.2) is 37.5 Å². The predicted octanol–water partition coefficient (Wildman–Crippen LogP) is 1.53. The molecule has 2 unspecified atom stereocenters. The van der Waals surface area contributed by atoms with Crippen LogP contribution < -0.4 is 5.32 Å². The third-order valence-electron chi connectivity index (χ3n) is 3.68. The highest BCUT2D eigenvalue weighted by atomic mass is 16.1. The maximum absolute atomic E-state index is 11.2. The lowest BCUT2D eigenvalue weighted by Crippen LogP contribution is -2.39. The van der Waals surface area contributed by atoms with Crippen LogP contribution in [-0.2, 0) is 4.79 Å². The van der Waals surface area contributed by atoms with Crippen LogP contribution in [0.5, 0.6) is 0 Å². The molecule has 0 bridgehead atoms. The van der Waals surface area contributed by atoms with Crippen LogP contribution in [0.25, 0.3) is 0 Å². The minimum absolute atomic E-state index is 0.0685. The number of carbonyl (C=O) groups is 1. The van der Waals surface area contributed by atoms with E-state index < -0.39 is 0 Å². The normalized spacial score (nSPS) is 25.1. The van der Waals surface area contributed by atoms with Crippen molar-refractivity contribution >= 4 is 5.91 Å². The molecular weight excluding hydrogens is 214 g/mol. The fourth-order valence-corrected chi connectivity index (χ4v) is 2.53. The summed E-state index contributed by atoms with van der Waals surface area (Å²) in [7, 11) is 3.69. The zero-order valence-corrected chi connectivity index (χ0v) is 10.9. The molecule has 1 rings (SSSR count). The summed E-state index contributed by atoms with van der Waals surface area (Å²) in [5.41, 5.74) is 0. The van der Waals surface area contributed by atoms with Gasteiger partial charge in [0.25, 0.3) is 0 Å². The van der Waals surface area contributed by atoms with Crippen LogP contribution >= 0.6 is 0 Å². The lowest BCUT2D eigenvalue weighted by Gasteiger charge is -2.29. The molecular formula is C13H23N3O. The molecule has 0 spiro atoms. The highest BCUT2D eigenvalue weighted by Crippen LogP contribution is 2.26. The molecule has 0 radical (unpaired) electrons. The Bertz CT molecular complexity index is 285. The molecule has 0 aromatic heterocycles. The van der Waals surface area contributed by atoms with Crippen LogP contribution in [0.4, 0.5) is 0 Å². The Hall–Kier alpha value is -1.08. The van der Waals surface area contributed by atoms with E-state index in [1.807, 2.05) is 7.05 Å². The van der Waals surface area contributed by atoms with Gasteiger partial charge in [-0.05, 0) is 19.9 Å². The summed E-state index contributed by atoms with van der Waals surface area (Å²) >= 11 is 0. The summed E-state index contributed by atoms with van der Waals surface area (Å²) in [6.45, 7) is 0.739. The molecule has 1 saturated carbocycles. The first-order chi connectivity index (χ1) is 8.19. The van der Waals surface area contributed by atoms with Crippen LogP contribution in [0.15, 0.2) is 0 Å². The fourth-order valence-electron chi connectivity index (χ4n) is 2.53. The molecule has 4 heteroatoms. The smallest absolute Gasteiger partial charge is 0.221 e.